The van der Waals surface area contributed by atoms with Crippen LogP contribution in [-0.2, 0) is 15.0 Å². The molecule has 1 aromatic rings. The SMILES string of the molecule is CC(C)(C)c1ccccc1NC(=O)C1CCC(C(=O)N2CCCCCC2)CC1. The quantitative estimate of drug-likeness (QED) is 0.785. The zero-order chi connectivity index (χ0) is 20.1. The molecule has 1 N–H and O–H groups in total. The molecule has 2 amide bonds. The van der Waals surface area contributed by atoms with Gasteiger partial charge >= 0.3 is 0 Å². The number of likely N-dealkylation sites (tertiary alicyclic amines) is 1. The van der Waals surface area contributed by atoms with Gasteiger partial charge in [-0.05, 0) is 55.6 Å². The molecule has 0 spiro atoms. The van der Waals surface area contributed by atoms with E-state index in [1.807, 2.05) is 18.2 Å². The van der Waals surface area contributed by atoms with Crippen LogP contribution in [0.5, 0.6) is 0 Å². The van der Waals surface area contributed by atoms with Crippen LogP contribution in [0, 0.1) is 11.8 Å². The van der Waals surface area contributed by atoms with Crippen molar-refractivity contribution in [2.24, 2.45) is 11.8 Å². The fourth-order valence-electron chi connectivity index (χ4n) is 4.63. The molecule has 1 aliphatic heterocycles. The molecule has 4 heteroatoms. The summed E-state index contributed by atoms with van der Waals surface area (Å²) in [5, 5.41) is 3.17. The van der Waals surface area contributed by atoms with Crippen LogP contribution in [0.2, 0.25) is 0 Å². The molecule has 0 unspecified atom stereocenters. The standard InChI is InChI=1S/C24H36N2O2/c1-24(2,3)20-10-6-7-11-21(20)25-22(27)18-12-14-19(15-13-18)23(28)26-16-8-4-5-9-17-26/h6-7,10-11,18-19H,4-5,8-9,12-17H2,1-3H3,(H,25,27). The van der Waals surface area contributed by atoms with Gasteiger partial charge in [-0.25, -0.2) is 0 Å². The molecular weight excluding hydrogens is 348 g/mol. The summed E-state index contributed by atoms with van der Waals surface area (Å²) in [6.45, 7) is 8.33. The van der Waals surface area contributed by atoms with Crippen molar-refractivity contribution < 1.29 is 9.59 Å². The van der Waals surface area contributed by atoms with Gasteiger partial charge in [0.2, 0.25) is 11.8 Å². The highest BCUT2D eigenvalue weighted by Gasteiger charge is 2.32. The topological polar surface area (TPSA) is 49.4 Å². The van der Waals surface area contributed by atoms with E-state index < -0.39 is 0 Å². The number of rotatable bonds is 3. The summed E-state index contributed by atoms with van der Waals surface area (Å²) in [5.74, 6) is 0.571. The van der Waals surface area contributed by atoms with Crippen LogP contribution in [0.1, 0.15) is 77.7 Å². The van der Waals surface area contributed by atoms with Gasteiger partial charge in [-0.1, -0.05) is 51.8 Å². The highest BCUT2D eigenvalue weighted by atomic mass is 16.2. The lowest BCUT2D eigenvalue weighted by Crippen LogP contribution is -2.39. The predicted octanol–water partition coefficient (Wildman–Crippen LogP) is 5.13. The summed E-state index contributed by atoms with van der Waals surface area (Å²) in [6.07, 6.45) is 8.07. The lowest BCUT2D eigenvalue weighted by molar-refractivity contribution is -0.137. The van der Waals surface area contributed by atoms with E-state index in [2.05, 4.69) is 37.1 Å². The first-order chi connectivity index (χ1) is 13.4. The van der Waals surface area contributed by atoms with Crippen molar-refractivity contribution in [2.75, 3.05) is 18.4 Å². The van der Waals surface area contributed by atoms with Crippen molar-refractivity contribution >= 4 is 17.5 Å². The number of carbonyl (C=O) groups excluding carboxylic acids is 2. The normalized spacial score (nSPS) is 23.8. The molecule has 1 saturated heterocycles. The molecule has 4 nitrogen and oxygen atoms in total. The molecule has 0 bridgehead atoms. The van der Waals surface area contributed by atoms with Gasteiger partial charge < -0.3 is 10.2 Å². The molecule has 1 saturated carbocycles. The summed E-state index contributed by atoms with van der Waals surface area (Å²) in [5.41, 5.74) is 2.07. The average molecular weight is 385 g/mol. The minimum Gasteiger partial charge on any atom is -0.342 e. The summed E-state index contributed by atoms with van der Waals surface area (Å²) in [6, 6.07) is 8.08. The number of nitrogens with one attached hydrogen (secondary N) is 1. The van der Waals surface area contributed by atoms with Gasteiger partial charge in [-0.15, -0.1) is 0 Å². The van der Waals surface area contributed by atoms with Crippen LogP contribution in [0.3, 0.4) is 0 Å². The number of hydrogen-bond acceptors (Lipinski definition) is 2. The zero-order valence-electron chi connectivity index (χ0n) is 17.8. The third kappa shape index (κ3) is 5.15. The number of nitrogens with zero attached hydrogens (tertiary/aromatic N) is 1. The summed E-state index contributed by atoms with van der Waals surface area (Å²) >= 11 is 0. The zero-order valence-corrected chi connectivity index (χ0v) is 17.8. The van der Waals surface area contributed by atoms with E-state index in [0.717, 1.165) is 62.9 Å². The van der Waals surface area contributed by atoms with Gasteiger partial charge in [0.1, 0.15) is 0 Å². The van der Waals surface area contributed by atoms with E-state index in [0.29, 0.717) is 5.91 Å². The molecule has 1 aromatic carbocycles. The van der Waals surface area contributed by atoms with E-state index >= 15 is 0 Å². The Kier molecular flexibility index (Phi) is 6.79. The van der Waals surface area contributed by atoms with E-state index in [1.54, 1.807) is 0 Å². The average Bonchev–Trinajstić information content (AvgIpc) is 2.96. The van der Waals surface area contributed by atoms with Crippen LogP contribution in [0.4, 0.5) is 5.69 Å². The Bertz CT molecular complexity index is 676. The fraction of sp³-hybridized carbons (Fsp3) is 0.667. The second-order valence-corrected chi connectivity index (χ2v) is 9.57. The molecule has 0 atom stereocenters. The van der Waals surface area contributed by atoms with E-state index in [9.17, 15) is 9.59 Å². The Morgan fingerprint density at radius 3 is 2.07 bits per heavy atom. The Morgan fingerprint density at radius 2 is 1.46 bits per heavy atom. The van der Waals surface area contributed by atoms with Crippen molar-refractivity contribution in [3.8, 4) is 0 Å². The third-order valence-corrected chi connectivity index (χ3v) is 6.36. The van der Waals surface area contributed by atoms with Gasteiger partial charge in [0.25, 0.3) is 0 Å². The van der Waals surface area contributed by atoms with E-state index in [1.165, 1.54) is 12.8 Å². The number of amides is 2. The Hall–Kier alpha value is -1.84. The van der Waals surface area contributed by atoms with E-state index in [4.69, 9.17) is 0 Å². The highest BCUT2D eigenvalue weighted by molar-refractivity contribution is 5.93. The molecule has 1 heterocycles. The van der Waals surface area contributed by atoms with Gasteiger partial charge in [0.15, 0.2) is 0 Å². The minimum atomic E-state index is -0.0128. The largest absolute Gasteiger partial charge is 0.342 e. The van der Waals surface area contributed by atoms with E-state index in [-0.39, 0.29) is 23.2 Å². The van der Waals surface area contributed by atoms with Gasteiger partial charge in [-0.3, -0.25) is 9.59 Å². The Labute approximate surface area is 170 Å². The first kappa shape index (κ1) is 20.9. The second-order valence-electron chi connectivity index (χ2n) is 9.57. The van der Waals surface area contributed by atoms with Gasteiger partial charge in [0, 0.05) is 30.6 Å². The minimum absolute atomic E-state index is 0.0128. The lowest BCUT2D eigenvalue weighted by atomic mass is 9.80. The molecule has 28 heavy (non-hydrogen) atoms. The maximum Gasteiger partial charge on any atom is 0.227 e. The summed E-state index contributed by atoms with van der Waals surface area (Å²) in [4.78, 5) is 27.8. The number of hydrogen-bond donors (Lipinski definition) is 1. The first-order valence-corrected chi connectivity index (χ1v) is 11.1. The Balaban J connectivity index is 1.55. The number of para-hydroxylation sites is 1. The first-order valence-electron chi connectivity index (χ1n) is 11.1. The van der Waals surface area contributed by atoms with Crippen molar-refractivity contribution in [3.05, 3.63) is 29.8 Å². The van der Waals surface area contributed by atoms with Crippen LogP contribution in [0.15, 0.2) is 24.3 Å². The molecule has 154 valence electrons. The van der Waals surface area contributed by atoms with Crippen LogP contribution >= 0.6 is 0 Å². The van der Waals surface area contributed by atoms with Crippen molar-refractivity contribution in [2.45, 2.75) is 77.6 Å². The highest BCUT2D eigenvalue weighted by Crippen LogP contribution is 2.33. The number of carbonyl (C=O) groups is 2. The van der Waals surface area contributed by atoms with Crippen LogP contribution in [-0.4, -0.2) is 29.8 Å². The van der Waals surface area contributed by atoms with Gasteiger partial charge in [0.05, 0.1) is 0 Å². The Morgan fingerprint density at radius 1 is 0.893 bits per heavy atom. The molecule has 0 aromatic heterocycles. The van der Waals surface area contributed by atoms with Crippen molar-refractivity contribution in [1.29, 1.82) is 0 Å². The molecule has 3 rings (SSSR count). The maximum absolute atomic E-state index is 12.9. The predicted molar refractivity (Wildman–Crippen MR) is 114 cm³/mol. The smallest absolute Gasteiger partial charge is 0.227 e. The monoisotopic (exact) mass is 384 g/mol. The summed E-state index contributed by atoms with van der Waals surface area (Å²) in [7, 11) is 0. The van der Waals surface area contributed by atoms with Crippen LogP contribution in [0.25, 0.3) is 0 Å². The molecule has 2 aliphatic rings. The molecule has 1 aliphatic carbocycles. The van der Waals surface area contributed by atoms with Crippen LogP contribution < -0.4 is 5.32 Å². The number of anilines is 1. The molecule has 0 radical (unpaired) electrons. The lowest BCUT2D eigenvalue weighted by Gasteiger charge is -2.31. The second kappa shape index (κ2) is 9.11. The van der Waals surface area contributed by atoms with Gasteiger partial charge in [-0.2, -0.15) is 0 Å². The number of benzene rings is 1. The van der Waals surface area contributed by atoms with Crippen molar-refractivity contribution in [3.63, 3.8) is 0 Å². The van der Waals surface area contributed by atoms with Crippen molar-refractivity contribution in [1.82, 2.24) is 4.90 Å². The fourth-order valence-corrected chi connectivity index (χ4v) is 4.63. The third-order valence-electron chi connectivity index (χ3n) is 6.36. The maximum atomic E-state index is 12.9. The molecular formula is C24H36N2O2. The summed E-state index contributed by atoms with van der Waals surface area (Å²) < 4.78 is 0. The molecule has 2 fully saturated rings.